The first-order chi connectivity index (χ1) is 5.00. The van der Waals surface area contributed by atoms with Gasteiger partial charge in [0.1, 0.15) is 0 Å². The second-order valence-corrected chi connectivity index (χ2v) is 4.00. The Kier molecular flexibility index (Phi) is 6.98. The molecule has 0 saturated heterocycles. The van der Waals surface area contributed by atoms with Crippen LogP contribution in [0.25, 0.3) is 0 Å². The van der Waals surface area contributed by atoms with Gasteiger partial charge in [0.15, 0.2) is 0 Å². The van der Waals surface area contributed by atoms with Gasteiger partial charge < -0.3 is 5.73 Å². The van der Waals surface area contributed by atoms with Crippen LogP contribution in [0.1, 0.15) is 19.5 Å². The minimum Gasteiger partial charge on any atom is -0.321 e. The van der Waals surface area contributed by atoms with Crippen molar-refractivity contribution in [2.45, 2.75) is 19.4 Å². The fraction of sp³-hybridized carbons (Fsp3) is 0.375. The van der Waals surface area contributed by atoms with Gasteiger partial charge in [-0.1, -0.05) is 0 Å². The lowest BCUT2D eigenvalue weighted by Crippen LogP contribution is -2.29. The third kappa shape index (κ3) is 4.81. The van der Waals surface area contributed by atoms with Crippen molar-refractivity contribution in [1.29, 1.82) is 0 Å². The summed E-state index contributed by atoms with van der Waals surface area (Å²) in [6.45, 7) is 3.87. The van der Waals surface area contributed by atoms with Crippen LogP contribution in [0.2, 0.25) is 0 Å². The van der Waals surface area contributed by atoms with E-state index >= 15 is 0 Å². The monoisotopic (exact) mass is 286 g/mol. The number of aromatic nitrogens is 1. The van der Waals surface area contributed by atoms with Crippen molar-refractivity contribution >= 4 is 40.7 Å². The Morgan fingerprint density at radius 2 is 1.85 bits per heavy atom. The zero-order chi connectivity index (χ0) is 8.48. The molecule has 0 atom stereocenters. The van der Waals surface area contributed by atoms with Crippen LogP contribution in [-0.4, -0.2) is 4.98 Å². The molecule has 0 aromatic carbocycles. The molecule has 1 heterocycles. The molecular weight excluding hydrogens is 275 g/mol. The molecule has 0 spiro atoms. The molecule has 0 amide bonds. The lowest BCUT2D eigenvalue weighted by molar-refractivity contribution is 0.535. The van der Waals surface area contributed by atoms with Gasteiger partial charge in [-0.2, -0.15) is 0 Å². The zero-order valence-electron chi connectivity index (χ0n) is 7.45. The van der Waals surface area contributed by atoms with Crippen LogP contribution in [0, 0.1) is 0 Å². The fourth-order valence-corrected chi connectivity index (χ4v) is 0.992. The Morgan fingerprint density at radius 1 is 1.31 bits per heavy atom. The highest BCUT2D eigenvalue weighted by atomic mass is 79.9. The summed E-state index contributed by atoms with van der Waals surface area (Å²) < 4.78 is 0.977. The van der Waals surface area contributed by atoms with Crippen LogP contribution in [-0.2, 0) is 5.54 Å². The summed E-state index contributed by atoms with van der Waals surface area (Å²) in [5.41, 5.74) is 6.39. The molecule has 0 aliphatic heterocycles. The fourth-order valence-electron chi connectivity index (χ4n) is 0.757. The van der Waals surface area contributed by atoms with Gasteiger partial charge >= 0.3 is 0 Å². The Hall–Kier alpha value is 0.170. The van der Waals surface area contributed by atoms with E-state index in [1.807, 2.05) is 26.0 Å². The average molecular weight is 288 g/mol. The van der Waals surface area contributed by atoms with Gasteiger partial charge in [0.2, 0.25) is 0 Å². The number of hydrogen-bond acceptors (Lipinski definition) is 2. The number of pyridine rings is 1. The summed E-state index contributed by atoms with van der Waals surface area (Å²) in [6, 6.07) is 3.86. The highest BCUT2D eigenvalue weighted by Crippen LogP contribution is 2.15. The molecule has 13 heavy (non-hydrogen) atoms. The van der Waals surface area contributed by atoms with Crippen LogP contribution in [0.15, 0.2) is 22.8 Å². The van der Waals surface area contributed by atoms with Crippen LogP contribution in [0.5, 0.6) is 0 Å². The largest absolute Gasteiger partial charge is 0.321 e. The minimum atomic E-state index is -0.347. The second kappa shape index (κ2) is 5.81. The molecule has 0 unspecified atom stereocenters. The van der Waals surface area contributed by atoms with E-state index in [1.54, 1.807) is 6.20 Å². The van der Waals surface area contributed by atoms with Crippen LogP contribution >= 0.6 is 40.7 Å². The SMILES string of the molecule is CC(C)(N)c1ccc(Br)cn1.Cl.Cl. The Balaban J connectivity index is 0. The van der Waals surface area contributed by atoms with Crippen molar-refractivity contribution in [2.75, 3.05) is 0 Å². The molecule has 1 aromatic heterocycles. The maximum atomic E-state index is 5.83. The van der Waals surface area contributed by atoms with Crippen molar-refractivity contribution in [1.82, 2.24) is 4.98 Å². The first-order valence-electron chi connectivity index (χ1n) is 3.41. The summed E-state index contributed by atoms with van der Waals surface area (Å²) in [6.07, 6.45) is 1.75. The van der Waals surface area contributed by atoms with E-state index in [4.69, 9.17) is 5.73 Å². The number of halogens is 3. The van der Waals surface area contributed by atoms with Gasteiger partial charge in [0.05, 0.1) is 11.2 Å². The highest BCUT2D eigenvalue weighted by molar-refractivity contribution is 9.10. The van der Waals surface area contributed by atoms with Crippen LogP contribution in [0.4, 0.5) is 0 Å². The molecule has 2 N–H and O–H groups in total. The van der Waals surface area contributed by atoms with Crippen molar-refractivity contribution in [2.24, 2.45) is 5.73 Å². The molecule has 0 radical (unpaired) electrons. The Morgan fingerprint density at radius 3 is 2.15 bits per heavy atom. The minimum absolute atomic E-state index is 0. The van der Waals surface area contributed by atoms with E-state index in [0.717, 1.165) is 10.2 Å². The van der Waals surface area contributed by atoms with Gasteiger partial charge in [-0.25, -0.2) is 0 Å². The molecule has 2 nitrogen and oxygen atoms in total. The average Bonchev–Trinajstić information content (AvgIpc) is 1.86. The molecule has 0 fully saturated rings. The van der Waals surface area contributed by atoms with E-state index in [-0.39, 0.29) is 30.4 Å². The van der Waals surface area contributed by atoms with Crippen LogP contribution in [0.3, 0.4) is 0 Å². The first-order valence-corrected chi connectivity index (χ1v) is 4.20. The summed E-state index contributed by atoms with van der Waals surface area (Å²) in [4.78, 5) is 4.18. The van der Waals surface area contributed by atoms with Crippen molar-refractivity contribution < 1.29 is 0 Å². The van der Waals surface area contributed by atoms with Gasteiger partial charge in [-0.05, 0) is 41.9 Å². The first kappa shape index (κ1) is 15.6. The molecule has 0 bridgehead atoms. The number of nitrogens with two attached hydrogens (primary N) is 1. The van der Waals surface area contributed by atoms with Crippen LogP contribution < -0.4 is 5.73 Å². The standard InChI is InChI=1S/C8H11BrN2.2ClH/c1-8(2,10)7-4-3-6(9)5-11-7;;/h3-5H,10H2,1-2H3;2*1H. The van der Waals surface area contributed by atoms with Gasteiger partial charge in [0, 0.05) is 10.7 Å². The highest BCUT2D eigenvalue weighted by Gasteiger charge is 2.14. The van der Waals surface area contributed by atoms with E-state index < -0.39 is 0 Å². The molecule has 1 aromatic rings. The third-order valence-corrected chi connectivity index (χ3v) is 1.86. The maximum Gasteiger partial charge on any atom is 0.0597 e. The van der Waals surface area contributed by atoms with Gasteiger partial charge in [0.25, 0.3) is 0 Å². The molecule has 0 aliphatic carbocycles. The number of nitrogens with zero attached hydrogens (tertiary/aromatic N) is 1. The quantitative estimate of drug-likeness (QED) is 0.863. The predicted molar refractivity (Wildman–Crippen MR) is 63.6 cm³/mol. The Bertz CT molecular complexity index is 243. The molecule has 5 heteroatoms. The molecule has 0 aliphatic rings. The summed E-state index contributed by atoms with van der Waals surface area (Å²) in [5, 5.41) is 0. The van der Waals surface area contributed by atoms with Gasteiger partial charge in [-0.3, -0.25) is 4.98 Å². The lowest BCUT2D eigenvalue weighted by Gasteiger charge is -2.17. The van der Waals surface area contributed by atoms with Crippen molar-refractivity contribution in [3.8, 4) is 0 Å². The molecule has 0 saturated carbocycles. The summed E-state index contributed by atoms with van der Waals surface area (Å²) in [7, 11) is 0. The zero-order valence-corrected chi connectivity index (χ0v) is 10.7. The Labute approximate surface area is 99.3 Å². The van der Waals surface area contributed by atoms with E-state index in [9.17, 15) is 0 Å². The molecule has 1 rings (SSSR count). The predicted octanol–water partition coefficient (Wildman–Crippen LogP) is 2.88. The molecular formula is C8H13BrCl2N2. The number of rotatable bonds is 1. The maximum absolute atomic E-state index is 5.83. The second-order valence-electron chi connectivity index (χ2n) is 3.08. The summed E-state index contributed by atoms with van der Waals surface area (Å²) >= 11 is 3.31. The lowest BCUT2D eigenvalue weighted by atomic mass is 10.0. The summed E-state index contributed by atoms with van der Waals surface area (Å²) in [5.74, 6) is 0. The van der Waals surface area contributed by atoms with E-state index in [1.165, 1.54) is 0 Å². The van der Waals surface area contributed by atoms with E-state index in [0.29, 0.717) is 0 Å². The topological polar surface area (TPSA) is 38.9 Å². The number of hydrogen-bond donors (Lipinski definition) is 1. The smallest absolute Gasteiger partial charge is 0.0597 e. The molecule has 76 valence electrons. The van der Waals surface area contributed by atoms with Crippen molar-refractivity contribution in [3.63, 3.8) is 0 Å². The van der Waals surface area contributed by atoms with Gasteiger partial charge in [-0.15, -0.1) is 24.8 Å². The van der Waals surface area contributed by atoms with Crippen molar-refractivity contribution in [3.05, 3.63) is 28.5 Å². The normalized spacial score (nSPS) is 9.85. The van der Waals surface area contributed by atoms with E-state index in [2.05, 4.69) is 20.9 Å². The third-order valence-electron chi connectivity index (χ3n) is 1.39.